The maximum Gasteiger partial charge on any atom is 0.190 e. The Hall–Kier alpha value is -1.12. The van der Waals surface area contributed by atoms with Gasteiger partial charge in [0.05, 0.1) is 6.61 Å². The minimum Gasteiger partial charge on any atom is -0.487 e. The first-order valence-corrected chi connectivity index (χ1v) is 11.2. The summed E-state index contributed by atoms with van der Waals surface area (Å²) in [5, 5.41) is 0. The molecule has 3 heteroatoms. The molecule has 0 unspecified atom stereocenters. The molecule has 1 nitrogen and oxygen atoms in total. The van der Waals surface area contributed by atoms with Gasteiger partial charge >= 0.3 is 0 Å². The van der Waals surface area contributed by atoms with E-state index in [2.05, 4.69) is 6.92 Å². The van der Waals surface area contributed by atoms with Gasteiger partial charge in [0.15, 0.2) is 17.4 Å². The number of halogens is 2. The SMILES string of the molecule is CCCCC[C@H]1CC[C@H](C2CCC(COc3c(F)cccc3F)CC2)CC1. The number of benzene rings is 1. The average Bonchev–Trinajstić information content (AvgIpc) is 2.69. The molecule has 2 aliphatic carbocycles. The fourth-order valence-corrected chi connectivity index (χ4v) is 5.28. The Kier molecular flexibility index (Phi) is 7.96. The van der Waals surface area contributed by atoms with Gasteiger partial charge in [-0.15, -0.1) is 0 Å². The third-order valence-electron chi connectivity index (χ3n) is 7.05. The lowest BCUT2D eigenvalue weighted by atomic mass is 9.69. The Morgan fingerprint density at radius 3 is 1.93 bits per heavy atom. The maximum absolute atomic E-state index is 13.7. The first-order chi connectivity index (χ1) is 13.2. The van der Waals surface area contributed by atoms with Crippen LogP contribution in [0.1, 0.15) is 84.0 Å². The van der Waals surface area contributed by atoms with Crippen molar-refractivity contribution in [3.63, 3.8) is 0 Å². The molecule has 0 amide bonds. The van der Waals surface area contributed by atoms with Gasteiger partial charge in [-0.3, -0.25) is 0 Å². The van der Waals surface area contributed by atoms with Crippen molar-refractivity contribution >= 4 is 0 Å². The van der Waals surface area contributed by atoms with E-state index in [-0.39, 0.29) is 5.75 Å². The molecule has 0 aromatic heterocycles. The quantitative estimate of drug-likeness (QED) is 0.425. The van der Waals surface area contributed by atoms with E-state index in [1.165, 1.54) is 82.4 Å². The summed E-state index contributed by atoms with van der Waals surface area (Å²) in [6.45, 7) is 2.72. The van der Waals surface area contributed by atoms with Crippen LogP contribution < -0.4 is 4.74 Å². The summed E-state index contributed by atoms with van der Waals surface area (Å²) >= 11 is 0. The summed E-state index contributed by atoms with van der Waals surface area (Å²) in [6, 6.07) is 3.89. The van der Waals surface area contributed by atoms with E-state index in [4.69, 9.17) is 4.74 Å². The summed E-state index contributed by atoms with van der Waals surface area (Å²) in [6.07, 6.45) is 16.1. The molecule has 2 aliphatic rings. The van der Waals surface area contributed by atoms with Gasteiger partial charge in [-0.2, -0.15) is 0 Å². The van der Waals surface area contributed by atoms with E-state index in [9.17, 15) is 8.78 Å². The summed E-state index contributed by atoms with van der Waals surface area (Å²) in [4.78, 5) is 0. The Labute approximate surface area is 163 Å². The van der Waals surface area contributed by atoms with Crippen molar-refractivity contribution in [2.24, 2.45) is 23.7 Å². The fourth-order valence-electron chi connectivity index (χ4n) is 5.28. The topological polar surface area (TPSA) is 9.23 Å². The van der Waals surface area contributed by atoms with Gasteiger partial charge in [-0.05, 0) is 74.3 Å². The molecule has 3 rings (SSSR count). The number of hydrogen-bond donors (Lipinski definition) is 0. The van der Waals surface area contributed by atoms with Crippen LogP contribution in [0, 0.1) is 35.3 Å². The lowest BCUT2D eigenvalue weighted by Gasteiger charge is -2.38. The van der Waals surface area contributed by atoms with Crippen molar-refractivity contribution in [3.8, 4) is 5.75 Å². The Balaban J connectivity index is 1.36. The lowest BCUT2D eigenvalue weighted by molar-refractivity contribution is 0.119. The summed E-state index contributed by atoms with van der Waals surface area (Å²) in [7, 11) is 0. The van der Waals surface area contributed by atoms with Crippen molar-refractivity contribution in [3.05, 3.63) is 29.8 Å². The van der Waals surface area contributed by atoms with E-state index in [1.54, 1.807) is 0 Å². The van der Waals surface area contributed by atoms with Crippen LogP contribution in [-0.2, 0) is 0 Å². The number of hydrogen-bond acceptors (Lipinski definition) is 1. The van der Waals surface area contributed by atoms with Gasteiger partial charge in [-0.1, -0.05) is 51.5 Å². The third kappa shape index (κ3) is 5.93. The molecule has 152 valence electrons. The molecular formula is C24H36F2O. The molecule has 0 saturated heterocycles. The minimum absolute atomic E-state index is 0.207. The molecular weight excluding hydrogens is 342 g/mol. The van der Waals surface area contributed by atoms with Crippen LogP contribution in [0.3, 0.4) is 0 Å². The van der Waals surface area contributed by atoms with Crippen LogP contribution in [-0.4, -0.2) is 6.61 Å². The number of para-hydroxylation sites is 1. The van der Waals surface area contributed by atoms with Gasteiger partial charge in [0.2, 0.25) is 0 Å². The molecule has 0 atom stereocenters. The Bertz CT molecular complexity index is 537. The monoisotopic (exact) mass is 378 g/mol. The molecule has 0 N–H and O–H groups in total. The predicted molar refractivity (Wildman–Crippen MR) is 107 cm³/mol. The molecule has 2 saturated carbocycles. The van der Waals surface area contributed by atoms with Gasteiger partial charge in [-0.25, -0.2) is 8.78 Å². The van der Waals surface area contributed by atoms with Crippen molar-refractivity contribution < 1.29 is 13.5 Å². The van der Waals surface area contributed by atoms with Crippen LogP contribution in [0.2, 0.25) is 0 Å². The summed E-state index contributed by atoms with van der Waals surface area (Å²) < 4.78 is 32.8. The van der Waals surface area contributed by atoms with Crippen molar-refractivity contribution in [1.29, 1.82) is 0 Å². The van der Waals surface area contributed by atoms with Gasteiger partial charge in [0, 0.05) is 0 Å². The van der Waals surface area contributed by atoms with Gasteiger partial charge in [0.25, 0.3) is 0 Å². The highest BCUT2D eigenvalue weighted by Crippen LogP contribution is 2.42. The molecule has 2 fully saturated rings. The van der Waals surface area contributed by atoms with E-state index >= 15 is 0 Å². The van der Waals surface area contributed by atoms with E-state index < -0.39 is 11.6 Å². The highest BCUT2D eigenvalue weighted by molar-refractivity contribution is 5.25. The second kappa shape index (κ2) is 10.4. The Morgan fingerprint density at radius 2 is 1.37 bits per heavy atom. The zero-order valence-corrected chi connectivity index (χ0v) is 16.9. The zero-order chi connectivity index (χ0) is 19.1. The van der Waals surface area contributed by atoms with E-state index in [0.717, 1.165) is 30.6 Å². The van der Waals surface area contributed by atoms with Gasteiger partial charge in [0.1, 0.15) is 0 Å². The maximum atomic E-state index is 13.7. The number of ether oxygens (including phenoxy) is 1. The zero-order valence-electron chi connectivity index (χ0n) is 16.9. The molecule has 0 radical (unpaired) electrons. The second-order valence-corrected chi connectivity index (χ2v) is 8.92. The first kappa shape index (κ1) is 20.6. The highest BCUT2D eigenvalue weighted by Gasteiger charge is 2.31. The Morgan fingerprint density at radius 1 is 0.815 bits per heavy atom. The molecule has 0 spiro atoms. The van der Waals surface area contributed by atoms with Crippen molar-refractivity contribution in [2.75, 3.05) is 6.61 Å². The van der Waals surface area contributed by atoms with Crippen molar-refractivity contribution in [1.82, 2.24) is 0 Å². The highest BCUT2D eigenvalue weighted by atomic mass is 19.1. The van der Waals surface area contributed by atoms with Crippen LogP contribution in [0.15, 0.2) is 18.2 Å². The molecule has 0 bridgehead atoms. The molecule has 1 aromatic carbocycles. The van der Waals surface area contributed by atoms with E-state index in [1.807, 2.05) is 0 Å². The van der Waals surface area contributed by atoms with Crippen LogP contribution in [0.5, 0.6) is 5.75 Å². The second-order valence-electron chi connectivity index (χ2n) is 8.92. The standard InChI is InChI=1S/C24H36F2O/c1-2-3-4-6-18-9-13-20(14-10-18)21-15-11-19(12-16-21)17-27-24-22(25)7-5-8-23(24)26/h5,7-8,18-21H,2-4,6,9-17H2,1H3/t18-,19?,20-,21?. The third-order valence-corrected chi connectivity index (χ3v) is 7.05. The predicted octanol–water partition coefficient (Wildman–Crippen LogP) is 7.54. The molecule has 0 aliphatic heterocycles. The van der Waals surface area contributed by atoms with E-state index in [0.29, 0.717) is 12.5 Å². The van der Waals surface area contributed by atoms with Crippen LogP contribution in [0.4, 0.5) is 8.78 Å². The largest absolute Gasteiger partial charge is 0.487 e. The molecule has 0 heterocycles. The number of unbranched alkanes of at least 4 members (excludes halogenated alkanes) is 2. The molecule has 1 aromatic rings. The minimum atomic E-state index is -0.598. The smallest absolute Gasteiger partial charge is 0.190 e. The first-order valence-electron chi connectivity index (χ1n) is 11.2. The average molecular weight is 379 g/mol. The summed E-state index contributed by atoms with van der Waals surface area (Å²) in [5.41, 5.74) is 0. The van der Waals surface area contributed by atoms with Gasteiger partial charge < -0.3 is 4.74 Å². The van der Waals surface area contributed by atoms with Crippen LogP contribution >= 0.6 is 0 Å². The normalized spacial score (nSPS) is 28.9. The molecule has 27 heavy (non-hydrogen) atoms. The lowest BCUT2D eigenvalue weighted by Crippen LogP contribution is -2.27. The van der Waals surface area contributed by atoms with Crippen molar-refractivity contribution in [2.45, 2.75) is 84.0 Å². The summed E-state index contributed by atoms with van der Waals surface area (Å²) in [5.74, 6) is 1.79. The van der Waals surface area contributed by atoms with Crippen LogP contribution in [0.25, 0.3) is 0 Å². The number of rotatable bonds is 8. The fraction of sp³-hybridized carbons (Fsp3) is 0.750.